The maximum absolute atomic E-state index is 13.0. The van der Waals surface area contributed by atoms with Crippen LogP contribution in [0.2, 0.25) is 0 Å². The molecule has 164 valence electrons. The first kappa shape index (κ1) is 22.3. The average molecular weight is 434 g/mol. The Morgan fingerprint density at radius 1 is 1.13 bits per heavy atom. The van der Waals surface area contributed by atoms with Crippen LogP contribution in [0.15, 0.2) is 48.5 Å². The topological polar surface area (TPSA) is 75.7 Å². The third kappa shape index (κ3) is 5.42. The molecule has 1 N–H and O–H groups in total. The summed E-state index contributed by atoms with van der Waals surface area (Å²) in [6, 6.07) is 11.9. The fraction of sp³-hybridized carbons (Fsp3) is 0.318. The number of ether oxygens (including phenoxy) is 1. The minimum absolute atomic E-state index is 0.0626. The van der Waals surface area contributed by atoms with Crippen LogP contribution >= 0.6 is 0 Å². The standard InChI is InChI=1S/C22H21F3N2O4/c1-2-14-7-9-16(10-8-14)27-12-15(11-20(27)29)21(30)31-13-19(28)26-18-6-4-3-5-17(18)22(23,24)25/h3-10,15H,2,11-13H2,1H3,(H,26,28)/t15-/m0/s1. The summed E-state index contributed by atoms with van der Waals surface area (Å²) in [7, 11) is 0. The molecule has 0 spiro atoms. The summed E-state index contributed by atoms with van der Waals surface area (Å²) < 4.78 is 43.9. The van der Waals surface area contributed by atoms with Crippen molar-refractivity contribution in [3.8, 4) is 0 Å². The van der Waals surface area contributed by atoms with Gasteiger partial charge in [-0.3, -0.25) is 14.4 Å². The van der Waals surface area contributed by atoms with Crippen LogP contribution in [0.1, 0.15) is 24.5 Å². The molecule has 1 aliphatic heterocycles. The second-order valence-corrected chi connectivity index (χ2v) is 7.12. The van der Waals surface area contributed by atoms with Crippen LogP contribution in [0.3, 0.4) is 0 Å². The summed E-state index contributed by atoms with van der Waals surface area (Å²) in [6.45, 7) is 1.38. The smallest absolute Gasteiger partial charge is 0.418 e. The van der Waals surface area contributed by atoms with Gasteiger partial charge in [-0.25, -0.2) is 0 Å². The highest BCUT2D eigenvalue weighted by Gasteiger charge is 2.37. The lowest BCUT2D eigenvalue weighted by atomic mass is 10.1. The lowest BCUT2D eigenvalue weighted by molar-refractivity contribution is -0.151. The van der Waals surface area contributed by atoms with Gasteiger partial charge in [0.1, 0.15) is 0 Å². The predicted octanol–water partition coefficient (Wildman–Crippen LogP) is 3.80. The minimum atomic E-state index is -4.64. The number of nitrogens with zero attached hydrogens (tertiary/aromatic N) is 1. The van der Waals surface area contributed by atoms with Crippen molar-refractivity contribution >= 4 is 29.2 Å². The molecule has 0 aliphatic carbocycles. The molecule has 0 unspecified atom stereocenters. The molecule has 2 amide bonds. The zero-order valence-electron chi connectivity index (χ0n) is 16.7. The number of hydrogen-bond acceptors (Lipinski definition) is 4. The van der Waals surface area contributed by atoms with Crippen LogP contribution in [-0.4, -0.2) is 30.9 Å². The fourth-order valence-corrected chi connectivity index (χ4v) is 3.31. The number of amides is 2. The monoisotopic (exact) mass is 434 g/mol. The molecule has 9 heteroatoms. The second kappa shape index (κ2) is 9.20. The molecule has 0 bridgehead atoms. The molecule has 2 aromatic carbocycles. The summed E-state index contributed by atoms with van der Waals surface area (Å²) in [5, 5.41) is 2.10. The normalized spacial score (nSPS) is 16.3. The number of nitrogens with one attached hydrogen (secondary N) is 1. The van der Waals surface area contributed by atoms with Crippen LogP contribution in [-0.2, 0) is 31.7 Å². The van der Waals surface area contributed by atoms with Gasteiger partial charge in [0.25, 0.3) is 5.91 Å². The maximum Gasteiger partial charge on any atom is 0.418 e. The number of carbonyl (C=O) groups is 3. The van der Waals surface area contributed by atoms with Gasteiger partial charge in [0.2, 0.25) is 5.91 Å². The van der Waals surface area contributed by atoms with Crippen molar-refractivity contribution in [3.05, 3.63) is 59.7 Å². The highest BCUT2D eigenvalue weighted by Crippen LogP contribution is 2.34. The Kier molecular flexibility index (Phi) is 6.62. The SMILES string of the molecule is CCc1ccc(N2C[C@@H](C(=O)OCC(=O)Nc3ccccc3C(F)(F)F)CC2=O)cc1. The molecule has 0 aromatic heterocycles. The van der Waals surface area contributed by atoms with Gasteiger partial charge >= 0.3 is 12.1 Å². The van der Waals surface area contributed by atoms with Gasteiger partial charge in [0, 0.05) is 18.7 Å². The minimum Gasteiger partial charge on any atom is -0.455 e. The zero-order valence-corrected chi connectivity index (χ0v) is 16.7. The van der Waals surface area contributed by atoms with Crippen LogP contribution in [0, 0.1) is 5.92 Å². The number of aryl methyl sites for hydroxylation is 1. The molecule has 1 heterocycles. The molecular weight excluding hydrogens is 413 g/mol. The second-order valence-electron chi connectivity index (χ2n) is 7.12. The summed E-state index contributed by atoms with van der Waals surface area (Å²) in [5.41, 5.74) is 0.359. The third-order valence-electron chi connectivity index (χ3n) is 4.97. The largest absolute Gasteiger partial charge is 0.455 e. The van der Waals surface area contributed by atoms with E-state index in [1.165, 1.54) is 17.0 Å². The van der Waals surface area contributed by atoms with Crippen molar-refractivity contribution < 1.29 is 32.3 Å². The van der Waals surface area contributed by atoms with E-state index in [0.29, 0.717) is 5.69 Å². The highest BCUT2D eigenvalue weighted by atomic mass is 19.4. The van der Waals surface area contributed by atoms with Crippen molar-refractivity contribution in [2.75, 3.05) is 23.4 Å². The quantitative estimate of drug-likeness (QED) is 0.702. The Balaban J connectivity index is 1.55. The lowest BCUT2D eigenvalue weighted by Gasteiger charge is -2.17. The van der Waals surface area contributed by atoms with E-state index in [1.54, 1.807) is 12.1 Å². The van der Waals surface area contributed by atoms with E-state index in [-0.39, 0.29) is 18.9 Å². The molecule has 1 saturated heterocycles. The number of carbonyl (C=O) groups excluding carboxylic acids is 3. The Labute approximate surface area is 177 Å². The van der Waals surface area contributed by atoms with E-state index in [2.05, 4.69) is 5.32 Å². The molecule has 6 nitrogen and oxygen atoms in total. The summed E-state index contributed by atoms with van der Waals surface area (Å²) in [5.74, 6) is -2.65. The van der Waals surface area contributed by atoms with Gasteiger partial charge in [-0.15, -0.1) is 0 Å². The number of esters is 1. The molecule has 31 heavy (non-hydrogen) atoms. The third-order valence-corrected chi connectivity index (χ3v) is 4.97. The Morgan fingerprint density at radius 2 is 1.81 bits per heavy atom. The Hall–Kier alpha value is -3.36. The first-order valence-electron chi connectivity index (χ1n) is 9.71. The van der Waals surface area contributed by atoms with Crippen LogP contribution < -0.4 is 10.2 Å². The van der Waals surface area contributed by atoms with Gasteiger partial charge in [-0.05, 0) is 36.2 Å². The van der Waals surface area contributed by atoms with Crippen LogP contribution in [0.5, 0.6) is 0 Å². The van der Waals surface area contributed by atoms with Crippen molar-refractivity contribution in [1.29, 1.82) is 0 Å². The average Bonchev–Trinajstić information content (AvgIpc) is 3.13. The molecule has 1 fully saturated rings. The summed E-state index contributed by atoms with van der Waals surface area (Å²) in [4.78, 5) is 38.0. The summed E-state index contributed by atoms with van der Waals surface area (Å²) >= 11 is 0. The maximum atomic E-state index is 13.0. The predicted molar refractivity (Wildman–Crippen MR) is 107 cm³/mol. The van der Waals surface area contributed by atoms with Crippen molar-refractivity contribution in [2.45, 2.75) is 25.9 Å². The van der Waals surface area contributed by atoms with Crippen LogP contribution in [0.4, 0.5) is 24.5 Å². The van der Waals surface area contributed by atoms with E-state index >= 15 is 0 Å². The number of para-hydroxylation sites is 1. The molecular formula is C22H21F3N2O4. The number of hydrogen-bond donors (Lipinski definition) is 1. The van der Waals surface area contributed by atoms with Gasteiger partial charge in [-0.2, -0.15) is 13.2 Å². The number of benzene rings is 2. The van der Waals surface area contributed by atoms with Crippen molar-refractivity contribution in [2.24, 2.45) is 5.92 Å². The Bertz CT molecular complexity index is 973. The zero-order chi connectivity index (χ0) is 22.6. The molecule has 2 aromatic rings. The van der Waals surface area contributed by atoms with Crippen molar-refractivity contribution in [3.63, 3.8) is 0 Å². The van der Waals surface area contributed by atoms with Gasteiger partial charge < -0.3 is 15.0 Å². The molecule has 0 radical (unpaired) electrons. The molecule has 0 saturated carbocycles. The first-order chi connectivity index (χ1) is 14.7. The number of rotatable bonds is 6. The van der Waals surface area contributed by atoms with E-state index in [9.17, 15) is 27.6 Å². The molecule has 1 aliphatic rings. The van der Waals surface area contributed by atoms with E-state index in [4.69, 9.17) is 4.74 Å². The van der Waals surface area contributed by atoms with Gasteiger partial charge in [0.15, 0.2) is 6.61 Å². The number of anilines is 2. The summed E-state index contributed by atoms with van der Waals surface area (Å²) in [6.07, 6.45) is -3.84. The van der Waals surface area contributed by atoms with E-state index < -0.39 is 41.8 Å². The first-order valence-corrected chi connectivity index (χ1v) is 9.71. The fourth-order valence-electron chi connectivity index (χ4n) is 3.31. The van der Waals surface area contributed by atoms with Crippen LogP contribution in [0.25, 0.3) is 0 Å². The van der Waals surface area contributed by atoms with Gasteiger partial charge in [0.05, 0.1) is 17.2 Å². The van der Waals surface area contributed by atoms with E-state index in [0.717, 1.165) is 24.1 Å². The highest BCUT2D eigenvalue weighted by molar-refractivity contribution is 6.00. The number of alkyl halides is 3. The molecule has 3 rings (SSSR count). The van der Waals surface area contributed by atoms with Gasteiger partial charge in [-0.1, -0.05) is 31.2 Å². The molecule has 1 atom stereocenters. The lowest BCUT2D eigenvalue weighted by Crippen LogP contribution is -2.28. The van der Waals surface area contributed by atoms with E-state index in [1.807, 2.05) is 19.1 Å². The van der Waals surface area contributed by atoms with Crippen molar-refractivity contribution in [1.82, 2.24) is 0 Å². The Morgan fingerprint density at radius 3 is 2.45 bits per heavy atom. The number of halogens is 3.